The molecule has 0 aliphatic rings. The highest BCUT2D eigenvalue weighted by atomic mass is 16.5. The number of ketones is 1. The van der Waals surface area contributed by atoms with E-state index in [4.69, 9.17) is 13.7 Å². The first kappa shape index (κ1) is 21.9. The van der Waals surface area contributed by atoms with Crippen LogP contribution in [0, 0.1) is 20.8 Å². The molecule has 1 N–H and O–H groups in total. The maximum Gasteiger partial charge on any atom is 0.339 e. The summed E-state index contributed by atoms with van der Waals surface area (Å²) >= 11 is 0. The van der Waals surface area contributed by atoms with E-state index in [1.54, 1.807) is 44.2 Å². The quantitative estimate of drug-likeness (QED) is 0.340. The van der Waals surface area contributed by atoms with Crippen molar-refractivity contribution in [3.05, 3.63) is 64.7 Å². The monoisotopic (exact) mass is 447 g/mol. The van der Waals surface area contributed by atoms with Crippen LogP contribution in [0.3, 0.4) is 0 Å². The Morgan fingerprint density at radius 2 is 1.79 bits per heavy atom. The Morgan fingerprint density at radius 1 is 1.06 bits per heavy atom. The second-order valence-electron chi connectivity index (χ2n) is 7.59. The summed E-state index contributed by atoms with van der Waals surface area (Å²) in [6, 6.07) is 9.71. The number of rotatable bonds is 6. The molecule has 9 heteroatoms. The summed E-state index contributed by atoms with van der Waals surface area (Å²) in [5, 5.41) is 6.96. The number of carbonyl (C=O) groups excluding carboxylic acids is 3. The number of pyridine rings is 1. The van der Waals surface area contributed by atoms with Gasteiger partial charge in [-0.25, -0.2) is 9.78 Å². The number of benzene rings is 1. The second kappa shape index (κ2) is 8.70. The molecule has 1 aromatic carbocycles. The predicted molar refractivity (Wildman–Crippen MR) is 119 cm³/mol. The van der Waals surface area contributed by atoms with Crippen molar-refractivity contribution in [2.75, 3.05) is 11.9 Å². The number of furan rings is 1. The number of anilines is 1. The Balaban J connectivity index is 1.57. The summed E-state index contributed by atoms with van der Waals surface area (Å²) in [7, 11) is 0. The minimum Gasteiger partial charge on any atom is -0.466 e. The van der Waals surface area contributed by atoms with Gasteiger partial charge in [0.15, 0.2) is 12.4 Å². The number of hydrogen-bond donors (Lipinski definition) is 1. The van der Waals surface area contributed by atoms with E-state index in [9.17, 15) is 14.4 Å². The molecular weight excluding hydrogens is 426 g/mol. The summed E-state index contributed by atoms with van der Waals surface area (Å²) in [6.07, 6.45) is 0. The highest BCUT2D eigenvalue weighted by Crippen LogP contribution is 2.30. The van der Waals surface area contributed by atoms with Gasteiger partial charge in [-0.05, 0) is 57.2 Å². The van der Waals surface area contributed by atoms with Gasteiger partial charge in [0.1, 0.15) is 11.5 Å². The lowest BCUT2D eigenvalue weighted by Gasteiger charge is -2.08. The number of carbonyl (C=O) groups is 3. The molecule has 3 aromatic heterocycles. The first-order valence-electron chi connectivity index (χ1n) is 10.2. The van der Waals surface area contributed by atoms with Crippen molar-refractivity contribution in [2.45, 2.75) is 27.7 Å². The van der Waals surface area contributed by atoms with Crippen LogP contribution in [0.15, 0.2) is 45.3 Å². The van der Waals surface area contributed by atoms with E-state index in [0.717, 1.165) is 0 Å². The van der Waals surface area contributed by atoms with Gasteiger partial charge >= 0.3 is 5.97 Å². The second-order valence-corrected chi connectivity index (χ2v) is 7.59. The highest BCUT2D eigenvalue weighted by Gasteiger charge is 2.22. The minimum atomic E-state index is -0.698. The SMILES string of the molecule is CC(=O)Nc1ccc(C(=O)COC(=O)c2cc(-c3cc(C)oc3C)nc3onc(C)c23)cc1. The molecule has 3 heterocycles. The third kappa shape index (κ3) is 4.52. The van der Waals surface area contributed by atoms with Gasteiger partial charge in [0.2, 0.25) is 5.91 Å². The van der Waals surface area contributed by atoms with Crippen molar-refractivity contribution in [1.82, 2.24) is 10.1 Å². The van der Waals surface area contributed by atoms with Gasteiger partial charge in [0.25, 0.3) is 5.71 Å². The highest BCUT2D eigenvalue weighted by molar-refractivity contribution is 6.06. The van der Waals surface area contributed by atoms with Gasteiger partial charge in [-0.2, -0.15) is 0 Å². The van der Waals surface area contributed by atoms with Gasteiger partial charge in [-0.1, -0.05) is 5.16 Å². The molecule has 0 saturated heterocycles. The van der Waals surface area contributed by atoms with Crippen LogP contribution in [0.2, 0.25) is 0 Å². The molecule has 4 rings (SSSR count). The van der Waals surface area contributed by atoms with Gasteiger partial charge in [0.05, 0.1) is 22.3 Å². The molecule has 0 radical (unpaired) electrons. The minimum absolute atomic E-state index is 0.190. The number of aryl methyl sites for hydroxylation is 3. The maximum atomic E-state index is 13.0. The molecule has 0 bridgehead atoms. The number of amides is 1. The van der Waals surface area contributed by atoms with Crippen LogP contribution >= 0.6 is 0 Å². The largest absolute Gasteiger partial charge is 0.466 e. The fraction of sp³-hybridized carbons (Fsp3) is 0.208. The third-order valence-electron chi connectivity index (χ3n) is 5.02. The van der Waals surface area contributed by atoms with Crippen LogP contribution < -0.4 is 5.32 Å². The topological polar surface area (TPSA) is 125 Å². The molecule has 33 heavy (non-hydrogen) atoms. The summed E-state index contributed by atoms with van der Waals surface area (Å²) in [6.45, 7) is 6.25. The number of Topliss-reactive ketones (excluding diaryl/α,β-unsaturated/α-hetero) is 1. The third-order valence-corrected chi connectivity index (χ3v) is 5.02. The Morgan fingerprint density at radius 3 is 2.42 bits per heavy atom. The number of nitrogens with zero attached hydrogens (tertiary/aromatic N) is 2. The van der Waals surface area contributed by atoms with Crippen molar-refractivity contribution in [2.24, 2.45) is 0 Å². The lowest BCUT2D eigenvalue weighted by atomic mass is 10.1. The van der Waals surface area contributed by atoms with E-state index in [-0.39, 0.29) is 23.0 Å². The number of esters is 1. The van der Waals surface area contributed by atoms with Crippen molar-refractivity contribution in [3.8, 4) is 11.3 Å². The van der Waals surface area contributed by atoms with E-state index in [0.29, 0.717) is 45.1 Å². The summed E-state index contributed by atoms with van der Waals surface area (Å²) in [5.74, 6) is 0.0589. The summed E-state index contributed by atoms with van der Waals surface area (Å²) < 4.78 is 16.2. The van der Waals surface area contributed by atoms with Crippen molar-refractivity contribution < 1.29 is 28.1 Å². The Kier molecular flexibility index (Phi) is 5.78. The molecule has 0 fully saturated rings. The summed E-state index contributed by atoms with van der Waals surface area (Å²) in [4.78, 5) is 41.0. The van der Waals surface area contributed by atoms with E-state index in [2.05, 4.69) is 15.5 Å². The first-order chi connectivity index (χ1) is 15.7. The van der Waals surface area contributed by atoms with E-state index in [1.807, 2.05) is 13.0 Å². The molecule has 1 amide bonds. The number of hydrogen-bond acceptors (Lipinski definition) is 8. The molecule has 0 aliphatic heterocycles. The van der Waals surface area contributed by atoms with Gasteiger partial charge in [-0.3, -0.25) is 9.59 Å². The first-order valence-corrected chi connectivity index (χ1v) is 10.2. The van der Waals surface area contributed by atoms with E-state index < -0.39 is 12.6 Å². The number of nitrogens with one attached hydrogen (secondary N) is 1. The number of fused-ring (bicyclic) bond motifs is 1. The Bertz CT molecular complexity index is 1380. The molecule has 9 nitrogen and oxygen atoms in total. The van der Waals surface area contributed by atoms with Crippen molar-refractivity contribution in [1.29, 1.82) is 0 Å². The number of aromatic nitrogens is 2. The zero-order valence-corrected chi connectivity index (χ0v) is 18.5. The van der Waals surface area contributed by atoms with Gasteiger partial charge < -0.3 is 19.0 Å². The standard InChI is InChI=1S/C24H21N3O6/c1-12-9-18(14(3)32-12)20-10-19(22-13(2)27-33-23(22)26-20)24(30)31-11-21(29)16-5-7-17(8-6-16)25-15(4)28/h5-10H,11H2,1-4H3,(H,25,28). The lowest BCUT2D eigenvalue weighted by molar-refractivity contribution is -0.114. The fourth-order valence-corrected chi connectivity index (χ4v) is 3.51. The zero-order valence-electron chi connectivity index (χ0n) is 18.5. The molecule has 0 aliphatic carbocycles. The van der Waals surface area contributed by atoms with Crippen LogP contribution in [-0.2, 0) is 9.53 Å². The molecule has 0 atom stereocenters. The molecular formula is C24H21N3O6. The Labute approximate surface area is 188 Å². The smallest absolute Gasteiger partial charge is 0.339 e. The van der Waals surface area contributed by atoms with Gasteiger partial charge in [-0.15, -0.1) is 0 Å². The van der Waals surface area contributed by atoms with Crippen LogP contribution in [0.25, 0.3) is 22.4 Å². The van der Waals surface area contributed by atoms with Crippen LogP contribution in [0.4, 0.5) is 5.69 Å². The fourth-order valence-electron chi connectivity index (χ4n) is 3.51. The summed E-state index contributed by atoms with van der Waals surface area (Å²) in [5.41, 5.74) is 2.97. The van der Waals surface area contributed by atoms with E-state index in [1.165, 1.54) is 6.92 Å². The molecule has 0 unspecified atom stereocenters. The zero-order chi connectivity index (χ0) is 23.7. The van der Waals surface area contributed by atoms with E-state index >= 15 is 0 Å². The average molecular weight is 447 g/mol. The van der Waals surface area contributed by atoms with Gasteiger partial charge in [0, 0.05) is 23.7 Å². The van der Waals surface area contributed by atoms with Crippen LogP contribution in [-0.4, -0.2) is 34.4 Å². The Hall–Kier alpha value is -4.27. The molecule has 4 aromatic rings. The molecule has 168 valence electrons. The number of ether oxygens (including phenoxy) is 1. The van der Waals surface area contributed by atoms with Crippen molar-refractivity contribution >= 4 is 34.4 Å². The van der Waals surface area contributed by atoms with Crippen LogP contribution in [0.5, 0.6) is 0 Å². The normalized spacial score (nSPS) is 10.9. The van der Waals surface area contributed by atoms with Crippen LogP contribution in [0.1, 0.15) is 44.9 Å². The average Bonchev–Trinajstić information content (AvgIpc) is 3.32. The predicted octanol–water partition coefficient (Wildman–Crippen LogP) is 4.41. The maximum absolute atomic E-state index is 13.0. The molecule has 0 spiro atoms. The lowest BCUT2D eigenvalue weighted by Crippen LogP contribution is -2.15. The van der Waals surface area contributed by atoms with Crippen molar-refractivity contribution in [3.63, 3.8) is 0 Å². The molecule has 0 saturated carbocycles.